The molecular formula is C25H32N4O2. The first-order chi connectivity index (χ1) is 15.0. The third-order valence-corrected chi connectivity index (χ3v) is 8.14. The summed E-state index contributed by atoms with van der Waals surface area (Å²) in [6.07, 6.45) is 8.03. The van der Waals surface area contributed by atoms with Gasteiger partial charge in [-0.05, 0) is 58.0 Å². The third kappa shape index (κ3) is 3.02. The second kappa shape index (κ2) is 6.83. The van der Waals surface area contributed by atoms with Crippen molar-refractivity contribution in [3.05, 3.63) is 36.0 Å². The summed E-state index contributed by atoms with van der Waals surface area (Å²) in [5, 5.41) is 4.94. The van der Waals surface area contributed by atoms with Crippen LogP contribution < -0.4 is 4.74 Å². The van der Waals surface area contributed by atoms with Gasteiger partial charge in [0.2, 0.25) is 5.91 Å². The molecule has 1 amide bonds. The zero-order chi connectivity index (χ0) is 21.2. The van der Waals surface area contributed by atoms with E-state index >= 15 is 0 Å². The Hall–Kier alpha value is -2.34. The van der Waals surface area contributed by atoms with Crippen LogP contribution in [0.1, 0.15) is 57.1 Å². The zero-order valence-corrected chi connectivity index (χ0v) is 18.6. The van der Waals surface area contributed by atoms with E-state index in [9.17, 15) is 4.79 Å². The first-order valence-electron chi connectivity index (χ1n) is 11.8. The van der Waals surface area contributed by atoms with Crippen LogP contribution in [0.5, 0.6) is 5.75 Å². The zero-order valence-electron chi connectivity index (χ0n) is 18.6. The van der Waals surface area contributed by atoms with Crippen LogP contribution in [0.3, 0.4) is 0 Å². The van der Waals surface area contributed by atoms with Crippen molar-refractivity contribution in [2.75, 3.05) is 33.2 Å². The van der Waals surface area contributed by atoms with Crippen LogP contribution in [-0.4, -0.2) is 58.7 Å². The SMILES string of the molecule is CN1CCC(n2ncc3c2-c2ccccc2OC32CCN(C(=O)C3(C)CC3)CC2)CC1. The molecule has 0 unspecified atom stereocenters. The lowest BCUT2D eigenvalue weighted by molar-refractivity contribution is -0.140. The first kappa shape index (κ1) is 19.4. The summed E-state index contributed by atoms with van der Waals surface area (Å²) in [5.41, 5.74) is 3.13. The van der Waals surface area contributed by atoms with Crippen LogP contribution in [0.2, 0.25) is 0 Å². The molecular weight excluding hydrogens is 388 g/mol. The molecule has 1 aromatic heterocycles. The Bertz CT molecular complexity index is 1010. The number of ether oxygens (including phenoxy) is 1. The lowest BCUT2D eigenvalue weighted by Gasteiger charge is -2.45. The van der Waals surface area contributed by atoms with Crippen LogP contribution >= 0.6 is 0 Å². The molecule has 6 nitrogen and oxygen atoms in total. The van der Waals surface area contributed by atoms with Crippen molar-refractivity contribution in [1.82, 2.24) is 19.6 Å². The molecule has 164 valence electrons. The standard InChI is InChI=1S/C25H32N4O2/c1-24(9-10-24)23(30)28-15-11-25(12-16-28)20-17-26-29(18-7-13-27(2)14-8-18)22(20)19-5-3-4-6-21(19)31-25/h3-6,17-18H,7-16H2,1-2H3. The molecule has 0 atom stereocenters. The number of hydrogen-bond donors (Lipinski definition) is 0. The minimum atomic E-state index is -0.380. The highest BCUT2D eigenvalue weighted by molar-refractivity contribution is 5.85. The van der Waals surface area contributed by atoms with Crippen molar-refractivity contribution in [2.45, 2.75) is 57.1 Å². The van der Waals surface area contributed by atoms with Crippen LogP contribution in [0.15, 0.2) is 30.5 Å². The van der Waals surface area contributed by atoms with E-state index in [1.807, 2.05) is 0 Å². The summed E-state index contributed by atoms with van der Waals surface area (Å²) >= 11 is 0. The fraction of sp³-hybridized carbons (Fsp3) is 0.600. The molecule has 3 aliphatic heterocycles. The largest absolute Gasteiger partial charge is 0.482 e. The highest BCUT2D eigenvalue weighted by Gasteiger charge is 2.51. The number of hydrogen-bond acceptors (Lipinski definition) is 4. The summed E-state index contributed by atoms with van der Waals surface area (Å²) < 4.78 is 9.02. The number of amides is 1. The van der Waals surface area contributed by atoms with Gasteiger partial charge >= 0.3 is 0 Å². The molecule has 0 N–H and O–H groups in total. The molecule has 6 heteroatoms. The average Bonchev–Trinajstić information content (AvgIpc) is 3.38. The molecule has 31 heavy (non-hydrogen) atoms. The van der Waals surface area contributed by atoms with Crippen molar-refractivity contribution in [3.63, 3.8) is 0 Å². The van der Waals surface area contributed by atoms with Gasteiger partial charge in [-0.1, -0.05) is 19.1 Å². The second-order valence-electron chi connectivity index (χ2n) is 10.3. The van der Waals surface area contributed by atoms with E-state index in [1.54, 1.807) is 0 Å². The summed E-state index contributed by atoms with van der Waals surface area (Å²) in [7, 11) is 2.20. The number of nitrogens with zero attached hydrogens (tertiary/aromatic N) is 4. The van der Waals surface area contributed by atoms with E-state index in [4.69, 9.17) is 9.84 Å². The third-order valence-electron chi connectivity index (χ3n) is 8.14. The van der Waals surface area contributed by atoms with Crippen LogP contribution in [-0.2, 0) is 10.4 Å². The number of likely N-dealkylation sites (tertiary alicyclic amines) is 2. The van der Waals surface area contributed by atoms with Gasteiger partial charge in [0, 0.05) is 42.5 Å². The maximum Gasteiger partial charge on any atom is 0.228 e. The Balaban J connectivity index is 1.35. The minimum Gasteiger partial charge on any atom is -0.482 e. The van der Waals surface area contributed by atoms with E-state index in [1.165, 1.54) is 11.3 Å². The molecule has 4 heterocycles. The molecule has 6 rings (SSSR count). The van der Waals surface area contributed by atoms with E-state index in [0.717, 1.165) is 76.0 Å². The van der Waals surface area contributed by atoms with Crippen molar-refractivity contribution < 1.29 is 9.53 Å². The minimum absolute atomic E-state index is 0.102. The number of aromatic nitrogens is 2. The lowest BCUT2D eigenvalue weighted by atomic mass is 9.80. The number of para-hydroxylation sites is 1. The van der Waals surface area contributed by atoms with Gasteiger partial charge in [-0.15, -0.1) is 0 Å². The van der Waals surface area contributed by atoms with Crippen molar-refractivity contribution in [1.29, 1.82) is 0 Å². The Kier molecular flexibility index (Phi) is 4.26. The predicted octanol–water partition coefficient (Wildman–Crippen LogP) is 3.83. The second-order valence-corrected chi connectivity index (χ2v) is 10.3. The Morgan fingerprint density at radius 1 is 1.06 bits per heavy atom. The highest BCUT2D eigenvalue weighted by Crippen LogP contribution is 2.52. The van der Waals surface area contributed by atoms with E-state index < -0.39 is 0 Å². The lowest BCUT2D eigenvalue weighted by Crippen LogP contribution is -2.50. The number of piperidine rings is 2. The fourth-order valence-electron chi connectivity index (χ4n) is 5.72. The molecule has 4 aliphatic rings. The van der Waals surface area contributed by atoms with Gasteiger partial charge in [0.1, 0.15) is 11.4 Å². The molecule has 1 saturated carbocycles. The summed E-state index contributed by atoms with van der Waals surface area (Å²) in [6, 6.07) is 8.84. The number of rotatable bonds is 2. The molecule has 2 aromatic rings. The Labute approximate surface area is 184 Å². The highest BCUT2D eigenvalue weighted by atomic mass is 16.5. The van der Waals surface area contributed by atoms with Gasteiger partial charge in [-0.3, -0.25) is 9.48 Å². The van der Waals surface area contributed by atoms with Gasteiger partial charge in [-0.25, -0.2) is 0 Å². The van der Waals surface area contributed by atoms with Gasteiger partial charge in [-0.2, -0.15) is 5.10 Å². The van der Waals surface area contributed by atoms with Crippen molar-refractivity contribution in [2.24, 2.45) is 5.41 Å². The number of fused-ring (bicyclic) bond motifs is 4. The predicted molar refractivity (Wildman–Crippen MR) is 119 cm³/mol. The molecule has 1 spiro atoms. The normalized spacial score (nSPS) is 24.4. The maximum absolute atomic E-state index is 12.9. The van der Waals surface area contributed by atoms with Gasteiger partial charge in [0.15, 0.2) is 0 Å². The van der Waals surface area contributed by atoms with E-state index in [-0.39, 0.29) is 11.0 Å². The van der Waals surface area contributed by atoms with Crippen LogP contribution in [0.4, 0.5) is 0 Å². The number of carbonyl (C=O) groups excluding carboxylic acids is 1. The summed E-state index contributed by atoms with van der Waals surface area (Å²) in [6.45, 7) is 5.85. The summed E-state index contributed by atoms with van der Waals surface area (Å²) in [5.74, 6) is 1.29. The molecule has 0 radical (unpaired) electrons. The fourth-order valence-corrected chi connectivity index (χ4v) is 5.72. The molecule has 1 aromatic carbocycles. The van der Waals surface area contributed by atoms with E-state index in [0.29, 0.717) is 11.9 Å². The van der Waals surface area contributed by atoms with Gasteiger partial charge < -0.3 is 14.5 Å². The molecule has 2 saturated heterocycles. The average molecular weight is 421 g/mol. The number of benzene rings is 1. The molecule has 3 fully saturated rings. The summed E-state index contributed by atoms with van der Waals surface area (Å²) in [4.78, 5) is 17.4. The first-order valence-corrected chi connectivity index (χ1v) is 11.8. The maximum atomic E-state index is 12.9. The Morgan fingerprint density at radius 3 is 2.48 bits per heavy atom. The Morgan fingerprint density at radius 2 is 1.77 bits per heavy atom. The van der Waals surface area contributed by atoms with Gasteiger partial charge in [0.05, 0.1) is 17.9 Å². The van der Waals surface area contributed by atoms with Crippen molar-refractivity contribution in [3.8, 4) is 17.0 Å². The van der Waals surface area contributed by atoms with Crippen molar-refractivity contribution >= 4 is 5.91 Å². The van der Waals surface area contributed by atoms with E-state index in [2.05, 4.69) is 58.9 Å². The quantitative estimate of drug-likeness (QED) is 0.741. The molecule has 1 aliphatic carbocycles. The molecule has 0 bridgehead atoms. The topological polar surface area (TPSA) is 50.6 Å². The smallest absolute Gasteiger partial charge is 0.228 e. The van der Waals surface area contributed by atoms with Crippen LogP contribution in [0, 0.1) is 5.41 Å². The van der Waals surface area contributed by atoms with Crippen LogP contribution in [0.25, 0.3) is 11.3 Å². The van der Waals surface area contributed by atoms with Gasteiger partial charge in [0.25, 0.3) is 0 Å². The monoisotopic (exact) mass is 420 g/mol. The number of carbonyl (C=O) groups is 1.